The number of aliphatic hydroxyl groups excluding tert-OH is 4. The summed E-state index contributed by atoms with van der Waals surface area (Å²) in [6.07, 6.45) is -5.04. The normalized spacial score (nSPS) is 47.3. The maximum Gasteiger partial charge on any atom is 0.227 e. The minimum atomic E-state index is -1.09. The van der Waals surface area contributed by atoms with Gasteiger partial charge < -0.3 is 39.4 Å². The van der Waals surface area contributed by atoms with Crippen LogP contribution in [0.1, 0.15) is 40.0 Å². The maximum atomic E-state index is 10.7. The topological polar surface area (TPSA) is 130 Å². The standard InChI is InChI=1S/C18H31NO8/c1-4-6-10-13(21)9(5-2)14(22)18(25-10)27-16-11(7-20)26-17-12(15(16)23)19-8(3)24-17/h9-18,20-23H,4-7H2,1-3H3/t9?,10?,11?,12?,13-,14?,15?,16+,17+,18-/m0/s1. The van der Waals surface area contributed by atoms with Crippen molar-refractivity contribution in [2.75, 3.05) is 6.61 Å². The van der Waals surface area contributed by atoms with Crippen LogP contribution in [0.3, 0.4) is 0 Å². The quantitative estimate of drug-likeness (QED) is 0.480. The first kappa shape index (κ1) is 20.9. The summed E-state index contributed by atoms with van der Waals surface area (Å²) in [6.45, 7) is 5.14. The van der Waals surface area contributed by atoms with Gasteiger partial charge in [-0.05, 0) is 12.8 Å². The van der Waals surface area contributed by atoms with E-state index in [4.69, 9.17) is 18.9 Å². The molecule has 0 aliphatic carbocycles. The fourth-order valence-electron chi connectivity index (χ4n) is 4.15. The zero-order chi connectivity index (χ0) is 19.7. The second-order valence-corrected chi connectivity index (χ2v) is 7.46. The lowest BCUT2D eigenvalue weighted by Gasteiger charge is -2.46. The number of fused-ring (bicyclic) bond motifs is 1. The molecule has 0 radical (unpaired) electrons. The van der Waals surface area contributed by atoms with Gasteiger partial charge in [-0.25, -0.2) is 4.99 Å². The first-order valence-corrected chi connectivity index (χ1v) is 9.73. The van der Waals surface area contributed by atoms with E-state index < -0.39 is 67.8 Å². The Bertz CT molecular complexity index is 531. The average molecular weight is 389 g/mol. The van der Waals surface area contributed by atoms with Crippen LogP contribution in [0.5, 0.6) is 0 Å². The summed E-state index contributed by atoms with van der Waals surface area (Å²) in [7, 11) is 0. The van der Waals surface area contributed by atoms with E-state index in [1.165, 1.54) is 0 Å². The Morgan fingerprint density at radius 3 is 2.41 bits per heavy atom. The third-order valence-electron chi connectivity index (χ3n) is 5.62. The van der Waals surface area contributed by atoms with Crippen molar-refractivity contribution < 1.29 is 39.4 Å². The van der Waals surface area contributed by atoms with Crippen molar-refractivity contribution in [3.05, 3.63) is 0 Å². The molecule has 2 saturated heterocycles. The molecule has 0 aromatic heterocycles. The van der Waals surface area contributed by atoms with Crippen LogP contribution in [0.25, 0.3) is 0 Å². The highest BCUT2D eigenvalue weighted by molar-refractivity contribution is 5.75. The highest BCUT2D eigenvalue weighted by Gasteiger charge is 2.52. The van der Waals surface area contributed by atoms with Crippen molar-refractivity contribution in [2.45, 2.75) is 95.3 Å². The Labute approximate surface area is 158 Å². The minimum Gasteiger partial charge on any atom is -0.450 e. The number of hydrogen-bond donors (Lipinski definition) is 4. The van der Waals surface area contributed by atoms with Gasteiger partial charge in [-0.15, -0.1) is 0 Å². The van der Waals surface area contributed by atoms with E-state index in [0.29, 0.717) is 18.7 Å². The lowest BCUT2D eigenvalue weighted by molar-refractivity contribution is -0.334. The Morgan fingerprint density at radius 1 is 1.04 bits per heavy atom. The van der Waals surface area contributed by atoms with E-state index in [1.807, 2.05) is 13.8 Å². The molecule has 0 aromatic rings. The summed E-state index contributed by atoms with van der Waals surface area (Å²) in [5.74, 6) is -0.00937. The zero-order valence-corrected chi connectivity index (χ0v) is 16.0. The van der Waals surface area contributed by atoms with Crippen molar-refractivity contribution in [1.82, 2.24) is 0 Å². The van der Waals surface area contributed by atoms with Crippen LogP contribution in [0.2, 0.25) is 0 Å². The fraction of sp³-hybridized carbons (Fsp3) is 0.944. The summed E-state index contributed by atoms with van der Waals surface area (Å²) in [5.41, 5.74) is 0. The molecule has 27 heavy (non-hydrogen) atoms. The smallest absolute Gasteiger partial charge is 0.227 e. The molecule has 3 aliphatic heterocycles. The van der Waals surface area contributed by atoms with Gasteiger partial charge in [0.15, 0.2) is 12.2 Å². The zero-order valence-electron chi connectivity index (χ0n) is 16.0. The van der Waals surface area contributed by atoms with Crippen molar-refractivity contribution >= 4 is 5.90 Å². The van der Waals surface area contributed by atoms with Gasteiger partial charge in [-0.3, -0.25) is 0 Å². The second-order valence-electron chi connectivity index (χ2n) is 7.46. The van der Waals surface area contributed by atoms with Gasteiger partial charge in [-0.1, -0.05) is 20.3 Å². The van der Waals surface area contributed by atoms with Crippen LogP contribution in [0, 0.1) is 5.92 Å². The Hall–Kier alpha value is -0.810. The fourth-order valence-corrected chi connectivity index (χ4v) is 4.15. The van der Waals surface area contributed by atoms with E-state index in [9.17, 15) is 20.4 Å². The first-order chi connectivity index (χ1) is 12.9. The lowest BCUT2D eigenvalue weighted by atomic mass is 9.85. The van der Waals surface area contributed by atoms with Gasteiger partial charge in [-0.2, -0.15) is 0 Å². The molecule has 9 nitrogen and oxygen atoms in total. The van der Waals surface area contributed by atoms with Gasteiger partial charge in [0.2, 0.25) is 6.29 Å². The Kier molecular flexibility index (Phi) is 6.73. The van der Waals surface area contributed by atoms with Gasteiger partial charge in [0.1, 0.15) is 30.5 Å². The number of nitrogens with zero attached hydrogens (tertiary/aromatic N) is 1. The minimum absolute atomic E-state index is 0.394. The van der Waals surface area contributed by atoms with Crippen molar-refractivity contribution in [3.63, 3.8) is 0 Å². The number of aliphatic hydroxyl groups is 4. The molecule has 0 spiro atoms. The number of aliphatic imine (C=N–C) groups is 1. The van der Waals surface area contributed by atoms with E-state index in [1.54, 1.807) is 6.92 Å². The van der Waals surface area contributed by atoms with Gasteiger partial charge in [0, 0.05) is 12.8 Å². The predicted molar refractivity (Wildman–Crippen MR) is 94.0 cm³/mol. The number of ether oxygens (including phenoxy) is 4. The largest absolute Gasteiger partial charge is 0.450 e. The van der Waals surface area contributed by atoms with Crippen molar-refractivity contribution in [1.29, 1.82) is 0 Å². The van der Waals surface area contributed by atoms with E-state index in [-0.39, 0.29) is 0 Å². The van der Waals surface area contributed by atoms with Gasteiger partial charge in [0.05, 0.1) is 18.8 Å². The number of rotatable bonds is 6. The molecule has 3 aliphatic rings. The highest BCUT2D eigenvalue weighted by Crippen LogP contribution is 2.35. The predicted octanol–water partition coefficient (Wildman–Crippen LogP) is -0.460. The summed E-state index contributed by atoms with van der Waals surface area (Å²) in [5, 5.41) is 41.5. The van der Waals surface area contributed by atoms with E-state index in [2.05, 4.69) is 4.99 Å². The molecule has 0 aromatic carbocycles. The summed E-state index contributed by atoms with van der Waals surface area (Å²) < 4.78 is 22.8. The molecule has 0 bridgehead atoms. The monoisotopic (exact) mass is 389 g/mol. The van der Waals surface area contributed by atoms with Crippen LogP contribution in [0.15, 0.2) is 4.99 Å². The lowest BCUT2D eigenvalue weighted by Crippen LogP contribution is -2.62. The van der Waals surface area contributed by atoms with Crippen LogP contribution in [-0.2, 0) is 18.9 Å². The molecule has 4 N–H and O–H groups in total. The average Bonchev–Trinajstić information content (AvgIpc) is 3.02. The molecule has 6 unspecified atom stereocenters. The first-order valence-electron chi connectivity index (χ1n) is 9.73. The molecule has 0 saturated carbocycles. The van der Waals surface area contributed by atoms with Gasteiger partial charge in [0.25, 0.3) is 0 Å². The maximum absolute atomic E-state index is 10.7. The summed E-state index contributed by atoms with van der Waals surface area (Å²) >= 11 is 0. The van der Waals surface area contributed by atoms with E-state index >= 15 is 0 Å². The molecule has 3 heterocycles. The van der Waals surface area contributed by atoms with Crippen LogP contribution in [-0.4, -0.2) is 88.2 Å². The molecule has 10 atom stereocenters. The third kappa shape index (κ3) is 4.00. The van der Waals surface area contributed by atoms with Crippen LogP contribution >= 0.6 is 0 Å². The SMILES string of the molecule is CCCC1O[C@@H](O[C@@H]2C(CO)O[C@H]3OC(C)=NC3C2O)C(O)C(CC)[C@@H]1O. The summed E-state index contributed by atoms with van der Waals surface area (Å²) in [6, 6.07) is -0.669. The second kappa shape index (κ2) is 8.69. The molecule has 9 heteroatoms. The highest BCUT2D eigenvalue weighted by atomic mass is 16.7. The number of hydrogen-bond acceptors (Lipinski definition) is 9. The van der Waals surface area contributed by atoms with Crippen LogP contribution in [0.4, 0.5) is 0 Å². The molecular formula is C18H31NO8. The Balaban J connectivity index is 1.76. The third-order valence-corrected chi connectivity index (χ3v) is 5.62. The van der Waals surface area contributed by atoms with E-state index in [0.717, 1.165) is 6.42 Å². The molecule has 2 fully saturated rings. The van der Waals surface area contributed by atoms with Crippen molar-refractivity contribution in [2.24, 2.45) is 10.9 Å². The molecule has 156 valence electrons. The Morgan fingerprint density at radius 2 is 1.78 bits per heavy atom. The molecule has 0 amide bonds. The molecular weight excluding hydrogens is 358 g/mol. The van der Waals surface area contributed by atoms with Crippen molar-refractivity contribution in [3.8, 4) is 0 Å². The van der Waals surface area contributed by atoms with Gasteiger partial charge >= 0.3 is 0 Å². The molecule has 3 rings (SSSR count). The van der Waals surface area contributed by atoms with Crippen LogP contribution < -0.4 is 0 Å². The summed E-state index contributed by atoms with van der Waals surface area (Å²) in [4.78, 5) is 4.22.